The number of amides is 1. The maximum Gasteiger partial charge on any atom is 0.416 e. The molecule has 0 aliphatic carbocycles. The van der Waals surface area contributed by atoms with Gasteiger partial charge in [0.1, 0.15) is 0 Å². The van der Waals surface area contributed by atoms with Gasteiger partial charge >= 0.3 is 6.18 Å². The number of nitrogens with zero attached hydrogens (tertiary/aromatic N) is 1. The molecule has 1 heterocycles. The average Bonchev–Trinajstić information content (AvgIpc) is 2.46. The molecule has 1 unspecified atom stereocenters. The van der Waals surface area contributed by atoms with Crippen LogP contribution in [0.4, 0.5) is 13.2 Å². The molecule has 116 valence electrons. The van der Waals surface area contributed by atoms with E-state index in [-0.39, 0.29) is 23.9 Å². The van der Waals surface area contributed by atoms with Crippen molar-refractivity contribution in [3.05, 3.63) is 35.4 Å². The lowest BCUT2D eigenvalue weighted by molar-refractivity contribution is -0.139. The Bertz CT molecular complexity index is 502. The summed E-state index contributed by atoms with van der Waals surface area (Å²) in [6.07, 6.45) is -1.96. The summed E-state index contributed by atoms with van der Waals surface area (Å²) in [6, 6.07) is 5.18. The lowest BCUT2D eigenvalue weighted by Gasteiger charge is -2.35. The van der Waals surface area contributed by atoms with Crippen molar-refractivity contribution in [2.75, 3.05) is 13.1 Å². The Hall–Kier alpha value is -1.56. The zero-order chi connectivity index (χ0) is 15.5. The van der Waals surface area contributed by atoms with Crippen LogP contribution >= 0.6 is 0 Å². The Morgan fingerprint density at radius 2 is 2.00 bits per heavy atom. The summed E-state index contributed by atoms with van der Waals surface area (Å²) in [4.78, 5) is 14.0. The molecule has 6 heteroatoms. The van der Waals surface area contributed by atoms with Crippen LogP contribution in [-0.4, -0.2) is 29.9 Å². The lowest BCUT2D eigenvalue weighted by Crippen LogP contribution is -2.48. The number of halogens is 3. The predicted molar refractivity (Wildman–Crippen MR) is 73.6 cm³/mol. The normalized spacial score (nSPS) is 19.6. The predicted octanol–water partition coefficient (Wildman–Crippen LogP) is 2.59. The summed E-state index contributed by atoms with van der Waals surface area (Å²) in [5.74, 6) is -0.276. The van der Waals surface area contributed by atoms with Gasteiger partial charge < -0.3 is 10.6 Å². The SMILES string of the molecule is NCC1CCCCN1C(=O)Cc1ccccc1C(F)(F)F. The van der Waals surface area contributed by atoms with Crippen LogP contribution in [0, 0.1) is 0 Å². The fourth-order valence-corrected chi connectivity index (χ4v) is 2.79. The summed E-state index contributed by atoms with van der Waals surface area (Å²) in [7, 11) is 0. The minimum absolute atomic E-state index is 0.0244. The van der Waals surface area contributed by atoms with Crippen molar-refractivity contribution < 1.29 is 18.0 Å². The molecule has 2 rings (SSSR count). The van der Waals surface area contributed by atoms with Crippen LogP contribution in [0.2, 0.25) is 0 Å². The second-order valence-electron chi connectivity index (χ2n) is 5.30. The number of nitrogens with two attached hydrogens (primary N) is 1. The quantitative estimate of drug-likeness (QED) is 0.932. The van der Waals surface area contributed by atoms with Crippen molar-refractivity contribution in [1.29, 1.82) is 0 Å². The first-order valence-corrected chi connectivity index (χ1v) is 7.08. The molecule has 1 aromatic carbocycles. The highest BCUT2D eigenvalue weighted by atomic mass is 19.4. The second-order valence-corrected chi connectivity index (χ2v) is 5.30. The molecule has 0 spiro atoms. The van der Waals surface area contributed by atoms with Crippen molar-refractivity contribution in [3.63, 3.8) is 0 Å². The Kier molecular flexibility index (Phi) is 4.88. The van der Waals surface area contributed by atoms with E-state index in [1.165, 1.54) is 18.2 Å². The number of rotatable bonds is 3. The zero-order valence-electron chi connectivity index (χ0n) is 11.7. The van der Waals surface area contributed by atoms with E-state index in [2.05, 4.69) is 0 Å². The van der Waals surface area contributed by atoms with Crippen LogP contribution < -0.4 is 5.73 Å². The van der Waals surface area contributed by atoms with E-state index < -0.39 is 11.7 Å². The zero-order valence-corrected chi connectivity index (χ0v) is 11.7. The van der Waals surface area contributed by atoms with Gasteiger partial charge in [-0.25, -0.2) is 0 Å². The average molecular weight is 300 g/mol. The summed E-state index contributed by atoms with van der Waals surface area (Å²) < 4.78 is 38.8. The molecule has 1 fully saturated rings. The Labute approximate surface area is 121 Å². The molecule has 3 nitrogen and oxygen atoms in total. The number of benzene rings is 1. The van der Waals surface area contributed by atoms with Crippen LogP contribution in [-0.2, 0) is 17.4 Å². The number of likely N-dealkylation sites (tertiary alicyclic amines) is 1. The molecule has 0 radical (unpaired) electrons. The molecule has 0 saturated carbocycles. The summed E-state index contributed by atoms with van der Waals surface area (Å²) in [5, 5.41) is 0. The largest absolute Gasteiger partial charge is 0.416 e. The Morgan fingerprint density at radius 1 is 1.29 bits per heavy atom. The van der Waals surface area contributed by atoms with Gasteiger partial charge in [-0.2, -0.15) is 13.2 Å². The van der Waals surface area contributed by atoms with Gasteiger partial charge in [0.15, 0.2) is 0 Å². The van der Waals surface area contributed by atoms with Crippen LogP contribution in [0.1, 0.15) is 30.4 Å². The fourth-order valence-electron chi connectivity index (χ4n) is 2.79. The van der Waals surface area contributed by atoms with Crippen molar-refractivity contribution in [2.45, 2.75) is 37.9 Å². The standard InChI is InChI=1S/C15H19F3N2O/c16-15(17,18)13-7-2-1-5-11(13)9-14(21)20-8-4-3-6-12(20)10-19/h1-2,5,7,12H,3-4,6,8-10,19H2. The van der Waals surface area contributed by atoms with Gasteiger partial charge in [0.2, 0.25) is 5.91 Å². The van der Waals surface area contributed by atoms with E-state index in [1.54, 1.807) is 4.90 Å². The molecular weight excluding hydrogens is 281 g/mol. The first kappa shape index (κ1) is 15.8. The topological polar surface area (TPSA) is 46.3 Å². The monoisotopic (exact) mass is 300 g/mol. The smallest absolute Gasteiger partial charge is 0.338 e. The van der Waals surface area contributed by atoms with Crippen LogP contribution in [0.5, 0.6) is 0 Å². The highest BCUT2D eigenvalue weighted by molar-refractivity contribution is 5.79. The van der Waals surface area contributed by atoms with Crippen molar-refractivity contribution in [1.82, 2.24) is 4.90 Å². The van der Waals surface area contributed by atoms with Gasteiger partial charge in [-0.1, -0.05) is 18.2 Å². The lowest BCUT2D eigenvalue weighted by atomic mass is 9.99. The molecule has 1 saturated heterocycles. The third-order valence-electron chi connectivity index (χ3n) is 3.88. The molecule has 0 aromatic heterocycles. The van der Waals surface area contributed by atoms with E-state index >= 15 is 0 Å². The maximum atomic E-state index is 12.9. The van der Waals surface area contributed by atoms with Crippen LogP contribution in [0.3, 0.4) is 0 Å². The summed E-state index contributed by atoms with van der Waals surface area (Å²) in [6.45, 7) is 0.932. The van der Waals surface area contributed by atoms with Gasteiger partial charge in [0, 0.05) is 19.1 Å². The number of hydrogen-bond donors (Lipinski definition) is 1. The van der Waals surface area contributed by atoms with Gasteiger partial charge in [-0.05, 0) is 30.9 Å². The van der Waals surface area contributed by atoms with Gasteiger partial charge in [0.05, 0.1) is 12.0 Å². The van der Waals surface area contributed by atoms with Crippen molar-refractivity contribution in [2.24, 2.45) is 5.73 Å². The molecule has 21 heavy (non-hydrogen) atoms. The van der Waals surface area contributed by atoms with E-state index in [0.717, 1.165) is 25.3 Å². The number of piperidine rings is 1. The second kappa shape index (κ2) is 6.47. The van der Waals surface area contributed by atoms with Crippen LogP contribution in [0.15, 0.2) is 24.3 Å². The molecule has 2 N–H and O–H groups in total. The number of carbonyl (C=O) groups excluding carboxylic acids is 1. The van der Waals surface area contributed by atoms with Gasteiger partial charge in [-0.15, -0.1) is 0 Å². The van der Waals surface area contributed by atoms with E-state index in [1.807, 2.05) is 0 Å². The molecule has 1 atom stereocenters. The fraction of sp³-hybridized carbons (Fsp3) is 0.533. The minimum atomic E-state index is -4.44. The Balaban J connectivity index is 2.16. The minimum Gasteiger partial charge on any atom is -0.338 e. The van der Waals surface area contributed by atoms with E-state index in [9.17, 15) is 18.0 Å². The maximum absolute atomic E-state index is 12.9. The highest BCUT2D eigenvalue weighted by Crippen LogP contribution is 2.32. The molecule has 1 aliphatic heterocycles. The van der Waals surface area contributed by atoms with Crippen molar-refractivity contribution in [3.8, 4) is 0 Å². The first-order valence-electron chi connectivity index (χ1n) is 7.08. The van der Waals surface area contributed by atoms with Crippen LogP contribution in [0.25, 0.3) is 0 Å². The number of alkyl halides is 3. The van der Waals surface area contributed by atoms with E-state index in [0.29, 0.717) is 13.1 Å². The molecule has 0 bridgehead atoms. The Morgan fingerprint density at radius 3 is 2.67 bits per heavy atom. The van der Waals surface area contributed by atoms with Gasteiger partial charge in [0.25, 0.3) is 0 Å². The third kappa shape index (κ3) is 3.75. The van der Waals surface area contributed by atoms with Gasteiger partial charge in [-0.3, -0.25) is 4.79 Å². The van der Waals surface area contributed by atoms with Crippen molar-refractivity contribution >= 4 is 5.91 Å². The summed E-state index contributed by atoms with van der Waals surface area (Å²) >= 11 is 0. The molecule has 1 amide bonds. The number of carbonyl (C=O) groups is 1. The molecule has 1 aromatic rings. The molecular formula is C15H19F3N2O. The summed E-state index contributed by atoms with van der Waals surface area (Å²) in [5.41, 5.74) is 4.94. The van der Waals surface area contributed by atoms with E-state index in [4.69, 9.17) is 5.73 Å². The molecule has 1 aliphatic rings. The highest BCUT2D eigenvalue weighted by Gasteiger charge is 2.34. The first-order chi connectivity index (χ1) is 9.93. The number of hydrogen-bond acceptors (Lipinski definition) is 2. The third-order valence-corrected chi connectivity index (χ3v) is 3.88.